The van der Waals surface area contributed by atoms with Crippen molar-refractivity contribution in [3.05, 3.63) is 0 Å². The van der Waals surface area contributed by atoms with Crippen LogP contribution in [0.3, 0.4) is 0 Å². The topological polar surface area (TPSA) is 59.6 Å². The SMILES string of the molecule is O=C1NNCC(N2CCC3C(C2)NCN3CC2CCC(F)CC2C(F)(F)F)C1Cl. The number of amides is 1. The second kappa shape index (κ2) is 8.45. The molecule has 7 unspecified atom stereocenters. The maximum atomic E-state index is 13.6. The molecule has 0 aromatic rings. The van der Waals surface area contributed by atoms with Crippen molar-refractivity contribution in [2.24, 2.45) is 11.8 Å². The number of carbonyl (C=O) groups excluding carboxylic acids is 1. The van der Waals surface area contributed by atoms with Gasteiger partial charge in [0.05, 0.1) is 5.92 Å². The highest BCUT2D eigenvalue weighted by molar-refractivity contribution is 6.31. The first-order valence-electron chi connectivity index (χ1n) is 10.3. The third-order valence-corrected chi connectivity index (χ3v) is 7.52. The summed E-state index contributed by atoms with van der Waals surface area (Å²) >= 11 is 6.28. The lowest BCUT2D eigenvalue weighted by atomic mass is 9.77. The Kier molecular flexibility index (Phi) is 6.28. The molecule has 6 nitrogen and oxygen atoms in total. The molecule has 0 aromatic heterocycles. The summed E-state index contributed by atoms with van der Waals surface area (Å²) in [5, 5.41) is 2.79. The summed E-state index contributed by atoms with van der Waals surface area (Å²) in [6.07, 6.45) is -4.82. The van der Waals surface area contributed by atoms with E-state index in [2.05, 4.69) is 26.0 Å². The van der Waals surface area contributed by atoms with Crippen LogP contribution >= 0.6 is 11.6 Å². The van der Waals surface area contributed by atoms with Crippen LogP contribution in [0, 0.1) is 11.8 Å². The zero-order valence-electron chi connectivity index (χ0n) is 16.1. The normalized spacial score (nSPS) is 42.5. The van der Waals surface area contributed by atoms with Crippen molar-refractivity contribution >= 4 is 17.5 Å². The second-order valence-corrected chi connectivity index (χ2v) is 9.22. The number of nitrogens with zero attached hydrogens (tertiary/aromatic N) is 2. The number of nitrogens with one attached hydrogen (secondary N) is 3. The molecular weight excluding hydrogens is 414 g/mol. The van der Waals surface area contributed by atoms with Crippen molar-refractivity contribution in [2.45, 2.75) is 61.5 Å². The van der Waals surface area contributed by atoms with E-state index in [1.807, 2.05) is 0 Å². The quantitative estimate of drug-likeness (QED) is 0.454. The molecule has 0 bridgehead atoms. The lowest BCUT2D eigenvalue weighted by molar-refractivity contribution is -0.203. The van der Waals surface area contributed by atoms with Gasteiger partial charge in [0.15, 0.2) is 0 Å². The van der Waals surface area contributed by atoms with Gasteiger partial charge in [-0.05, 0) is 31.6 Å². The molecule has 0 radical (unpaired) electrons. The van der Waals surface area contributed by atoms with Crippen LogP contribution in [-0.2, 0) is 4.79 Å². The van der Waals surface area contributed by atoms with E-state index in [0.717, 1.165) is 13.0 Å². The molecule has 3 N–H and O–H groups in total. The van der Waals surface area contributed by atoms with E-state index in [4.69, 9.17) is 11.6 Å². The third kappa shape index (κ3) is 4.51. The zero-order valence-corrected chi connectivity index (χ0v) is 16.9. The van der Waals surface area contributed by atoms with Crippen molar-refractivity contribution in [2.75, 3.05) is 32.8 Å². The van der Waals surface area contributed by atoms with Gasteiger partial charge < -0.3 is 0 Å². The lowest BCUT2D eigenvalue weighted by Crippen LogP contribution is -2.65. The Balaban J connectivity index is 1.36. The fraction of sp³-hybridized carbons (Fsp3) is 0.944. The largest absolute Gasteiger partial charge is 0.392 e. The van der Waals surface area contributed by atoms with Gasteiger partial charge in [-0.1, -0.05) is 0 Å². The number of alkyl halides is 5. The molecule has 3 heterocycles. The van der Waals surface area contributed by atoms with Gasteiger partial charge in [0.2, 0.25) is 0 Å². The van der Waals surface area contributed by atoms with E-state index in [-0.39, 0.29) is 36.9 Å². The van der Waals surface area contributed by atoms with Crippen LogP contribution < -0.4 is 16.2 Å². The number of carbonyl (C=O) groups is 1. The Bertz CT molecular complexity index is 611. The minimum absolute atomic E-state index is 0.114. The summed E-state index contributed by atoms with van der Waals surface area (Å²) in [6, 6.07) is 0.165. The van der Waals surface area contributed by atoms with Gasteiger partial charge in [0.1, 0.15) is 11.5 Å². The van der Waals surface area contributed by atoms with Crippen molar-refractivity contribution in [1.82, 2.24) is 26.0 Å². The van der Waals surface area contributed by atoms with Crippen LogP contribution in [0.15, 0.2) is 0 Å². The molecule has 166 valence electrons. The van der Waals surface area contributed by atoms with E-state index in [0.29, 0.717) is 26.3 Å². The third-order valence-electron chi connectivity index (χ3n) is 7.03. The monoisotopic (exact) mass is 441 g/mol. The van der Waals surface area contributed by atoms with Crippen LogP contribution in [0.25, 0.3) is 0 Å². The minimum Gasteiger partial charge on any atom is -0.299 e. The predicted octanol–water partition coefficient (Wildman–Crippen LogP) is 1.22. The Labute approximate surface area is 172 Å². The van der Waals surface area contributed by atoms with E-state index < -0.39 is 36.0 Å². The molecule has 3 aliphatic heterocycles. The molecule has 4 aliphatic rings. The van der Waals surface area contributed by atoms with Crippen molar-refractivity contribution in [3.8, 4) is 0 Å². The maximum Gasteiger partial charge on any atom is 0.392 e. The van der Waals surface area contributed by atoms with Crippen molar-refractivity contribution in [1.29, 1.82) is 0 Å². The fourth-order valence-electron chi connectivity index (χ4n) is 5.46. The summed E-state index contributed by atoms with van der Waals surface area (Å²) in [4.78, 5) is 16.1. The molecule has 29 heavy (non-hydrogen) atoms. The molecule has 0 spiro atoms. The first-order chi connectivity index (χ1) is 13.7. The molecule has 7 atom stereocenters. The zero-order chi connectivity index (χ0) is 20.8. The van der Waals surface area contributed by atoms with Gasteiger partial charge in [-0.15, -0.1) is 11.6 Å². The molecule has 0 aromatic carbocycles. The molecule has 4 rings (SSSR count). The summed E-state index contributed by atoms with van der Waals surface area (Å²) < 4.78 is 53.9. The standard InChI is InChI=1S/C18H28ClF4N5O/c19-16-15(6-25-26-17(16)29)27-4-3-14-13(8-27)24-9-28(14)7-10-1-2-11(20)5-12(10)18(21,22)23/h10-16,24-25H,1-9H2,(H,26,29). The highest BCUT2D eigenvalue weighted by Crippen LogP contribution is 2.43. The molecule has 11 heteroatoms. The number of hydrogen-bond donors (Lipinski definition) is 3. The van der Waals surface area contributed by atoms with Crippen molar-refractivity contribution in [3.63, 3.8) is 0 Å². The highest BCUT2D eigenvalue weighted by Gasteiger charge is 2.50. The first-order valence-corrected chi connectivity index (χ1v) is 10.8. The number of halogens is 5. The van der Waals surface area contributed by atoms with Crippen LogP contribution in [0.1, 0.15) is 25.7 Å². The lowest BCUT2D eigenvalue weighted by Gasteiger charge is -2.44. The Hall–Kier alpha value is -0.680. The smallest absolute Gasteiger partial charge is 0.299 e. The molecule has 3 saturated heterocycles. The molecule has 1 aliphatic carbocycles. The highest BCUT2D eigenvalue weighted by atomic mass is 35.5. The Morgan fingerprint density at radius 1 is 1.17 bits per heavy atom. The van der Waals surface area contributed by atoms with Crippen LogP contribution in [0.4, 0.5) is 17.6 Å². The number of hydrazine groups is 1. The van der Waals surface area contributed by atoms with Crippen LogP contribution in [0.5, 0.6) is 0 Å². The van der Waals surface area contributed by atoms with Gasteiger partial charge in [0, 0.05) is 51.0 Å². The average Bonchev–Trinajstić information content (AvgIpc) is 3.06. The van der Waals surface area contributed by atoms with Gasteiger partial charge in [0.25, 0.3) is 5.91 Å². The van der Waals surface area contributed by atoms with E-state index in [1.165, 1.54) is 0 Å². The molecule has 1 saturated carbocycles. The van der Waals surface area contributed by atoms with E-state index >= 15 is 0 Å². The van der Waals surface area contributed by atoms with E-state index in [1.54, 1.807) is 0 Å². The van der Waals surface area contributed by atoms with Gasteiger partial charge in [-0.3, -0.25) is 25.3 Å². The van der Waals surface area contributed by atoms with E-state index in [9.17, 15) is 22.4 Å². The number of fused-ring (bicyclic) bond motifs is 1. The summed E-state index contributed by atoms with van der Waals surface area (Å²) in [5.41, 5.74) is 5.39. The number of hydrogen-bond acceptors (Lipinski definition) is 5. The molecular formula is C18H28ClF4N5O. The van der Waals surface area contributed by atoms with Crippen molar-refractivity contribution < 1.29 is 22.4 Å². The summed E-state index contributed by atoms with van der Waals surface area (Å²) in [6.45, 7) is 2.88. The fourth-order valence-corrected chi connectivity index (χ4v) is 5.77. The van der Waals surface area contributed by atoms with Crippen LogP contribution in [-0.4, -0.2) is 84.4 Å². The number of rotatable bonds is 3. The van der Waals surface area contributed by atoms with Gasteiger partial charge >= 0.3 is 6.18 Å². The summed E-state index contributed by atoms with van der Waals surface area (Å²) in [7, 11) is 0. The number of piperidine rings is 1. The van der Waals surface area contributed by atoms with Gasteiger partial charge in [-0.2, -0.15) is 13.2 Å². The predicted molar refractivity (Wildman–Crippen MR) is 99.8 cm³/mol. The molecule has 4 fully saturated rings. The first kappa shape index (κ1) is 21.5. The summed E-state index contributed by atoms with van der Waals surface area (Å²) in [5.74, 6) is -2.36. The average molecular weight is 442 g/mol. The Morgan fingerprint density at radius 3 is 2.72 bits per heavy atom. The Morgan fingerprint density at radius 2 is 1.97 bits per heavy atom. The van der Waals surface area contributed by atoms with Crippen LogP contribution in [0.2, 0.25) is 0 Å². The maximum absolute atomic E-state index is 13.6. The number of likely N-dealkylation sites (tertiary alicyclic amines) is 1. The minimum atomic E-state index is -4.35. The second-order valence-electron chi connectivity index (χ2n) is 8.75. The van der Waals surface area contributed by atoms with Gasteiger partial charge in [-0.25, -0.2) is 9.82 Å². The molecule has 1 amide bonds.